The molecule has 0 aliphatic carbocycles. The number of carbonyl (C=O) groups is 1. The van der Waals surface area contributed by atoms with Gasteiger partial charge < -0.3 is 9.84 Å². The summed E-state index contributed by atoms with van der Waals surface area (Å²) in [5.41, 5.74) is -0.821. The van der Waals surface area contributed by atoms with Crippen molar-refractivity contribution >= 4 is 23.1 Å². The molecule has 0 radical (unpaired) electrons. The second kappa shape index (κ2) is 4.68. The summed E-state index contributed by atoms with van der Waals surface area (Å²) in [4.78, 5) is 11.4. The fourth-order valence-electron chi connectivity index (χ4n) is 1.25. The van der Waals surface area contributed by atoms with Crippen LogP contribution in [0, 0.1) is 0 Å². The van der Waals surface area contributed by atoms with Crippen molar-refractivity contribution in [1.29, 1.82) is 0 Å². The Hall–Kier alpha value is -1.32. The largest absolute Gasteiger partial charge is 0.467 e. The molecule has 0 aromatic heterocycles. The number of halogens is 1. The van der Waals surface area contributed by atoms with Crippen LogP contribution < -0.4 is 0 Å². The van der Waals surface area contributed by atoms with Crippen molar-refractivity contribution in [2.24, 2.45) is 0 Å². The van der Waals surface area contributed by atoms with E-state index in [0.717, 1.165) is 0 Å². The highest BCUT2D eigenvalue weighted by Gasteiger charge is 2.35. The van der Waals surface area contributed by atoms with Gasteiger partial charge in [-0.2, -0.15) is 0 Å². The maximum atomic E-state index is 11.4. The molecule has 86 valence electrons. The topological polar surface area (TPSA) is 46.5 Å². The quantitative estimate of drug-likeness (QED) is 0.825. The third-order valence-electron chi connectivity index (χ3n) is 2.36. The third-order valence-corrected chi connectivity index (χ3v) is 2.62. The van der Waals surface area contributed by atoms with Gasteiger partial charge in [-0.15, -0.1) is 0 Å². The summed E-state index contributed by atoms with van der Waals surface area (Å²) in [6, 6.07) is 6.69. The lowest BCUT2D eigenvalue weighted by molar-refractivity contribution is -0.154. The molecule has 0 aliphatic heterocycles. The van der Waals surface area contributed by atoms with Gasteiger partial charge in [-0.25, -0.2) is 4.79 Å². The average molecular weight is 241 g/mol. The Balaban J connectivity index is 3.02. The van der Waals surface area contributed by atoms with Crippen LogP contribution in [-0.2, 0) is 9.53 Å². The summed E-state index contributed by atoms with van der Waals surface area (Å²) in [5.74, 6) is -0.743. The number of ether oxygens (including phenoxy) is 1. The van der Waals surface area contributed by atoms with Gasteiger partial charge in [-0.3, -0.25) is 0 Å². The highest BCUT2D eigenvalue weighted by Crippen LogP contribution is 2.27. The standard InChI is InChI=1S/C12H13ClO3/c1-8(12(2,15)11(14)16-3)9-4-6-10(13)7-5-9/h4-7,15H,1H2,2-3H3. The van der Waals surface area contributed by atoms with Gasteiger partial charge in [0.05, 0.1) is 7.11 Å². The minimum absolute atomic E-state index is 0.274. The van der Waals surface area contributed by atoms with Crippen LogP contribution in [0.15, 0.2) is 30.8 Å². The smallest absolute Gasteiger partial charge is 0.342 e. The Bertz CT molecular complexity index is 407. The van der Waals surface area contributed by atoms with Crippen LogP contribution in [0.25, 0.3) is 5.57 Å². The second-order valence-electron chi connectivity index (χ2n) is 3.55. The molecule has 0 fully saturated rings. The lowest BCUT2D eigenvalue weighted by Gasteiger charge is -2.23. The molecule has 3 nitrogen and oxygen atoms in total. The first-order valence-electron chi connectivity index (χ1n) is 4.65. The normalized spacial score (nSPS) is 14.0. The van der Waals surface area contributed by atoms with Crippen molar-refractivity contribution in [3.8, 4) is 0 Å². The van der Waals surface area contributed by atoms with E-state index in [0.29, 0.717) is 10.6 Å². The molecule has 1 aromatic carbocycles. The van der Waals surface area contributed by atoms with E-state index in [1.54, 1.807) is 24.3 Å². The van der Waals surface area contributed by atoms with Crippen molar-refractivity contribution in [2.45, 2.75) is 12.5 Å². The summed E-state index contributed by atoms with van der Waals surface area (Å²) in [7, 11) is 1.21. The van der Waals surface area contributed by atoms with Gasteiger partial charge in [0.1, 0.15) is 0 Å². The van der Waals surface area contributed by atoms with Gasteiger partial charge in [-0.1, -0.05) is 30.3 Å². The van der Waals surface area contributed by atoms with Gasteiger partial charge in [0, 0.05) is 5.02 Å². The number of rotatable bonds is 3. The molecule has 1 atom stereocenters. The molecule has 0 aliphatic rings. The molecule has 1 rings (SSSR count). The molecule has 0 amide bonds. The van der Waals surface area contributed by atoms with Crippen molar-refractivity contribution in [3.63, 3.8) is 0 Å². The number of benzene rings is 1. The zero-order valence-corrected chi connectivity index (χ0v) is 9.91. The summed E-state index contributed by atoms with van der Waals surface area (Å²) < 4.78 is 4.51. The van der Waals surface area contributed by atoms with Crippen LogP contribution in [0.3, 0.4) is 0 Å². The fourth-order valence-corrected chi connectivity index (χ4v) is 1.38. The minimum atomic E-state index is -1.73. The van der Waals surface area contributed by atoms with Crippen molar-refractivity contribution in [1.82, 2.24) is 0 Å². The summed E-state index contributed by atoms with van der Waals surface area (Å²) >= 11 is 5.74. The van der Waals surface area contributed by atoms with E-state index in [9.17, 15) is 9.90 Å². The van der Waals surface area contributed by atoms with E-state index in [1.165, 1.54) is 14.0 Å². The number of carbonyl (C=O) groups excluding carboxylic acids is 1. The van der Waals surface area contributed by atoms with Gasteiger partial charge in [0.25, 0.3) is 0 Å². The molecule has 1 N–H and O–H groups in total. The van der Waals surface area contributed by atoms with Gasteiger partial charge in [0.2, 0.25) is 0 Å². The fraction of sp³-hybridized carbons (Fsp3) is 0.250. The number of hydrogen-bond acceptors (Lipinski definition) is 3. The minimum Gasteiger partial charge on any atom is -0.467 e. The molecule has 16 heavy (non-hydrogen) atoms. The van der Waals surface area contributed by atoms with Crippen molar-refractivity contribution < 1.29 is 14.6 Å². The number of hydrogen-bond donors (Lipinski definition) is 1. The number of aliphatic hydroxyl groups is 1. The Morgan fingerprint density at radius 1 is 1.44 bits per heavy atom. The molecule has 0 saturated heterocycles. The molecule has 4 heteroatoms. The zero-order valence-electron chi connectivity index (χ0n) is 9.16. The summed E-state index contributed by atoms with van der Waals surface area (Å²) in [6.45, 7) is 5.04. The predicted octanol–water partition coefficient (Wildman–Crippen LogP) is 2.28. The predicted molar refractivity (Wildman–Crippen MR) is 63.1 cm³/mol. The Morgan fingerprint density at radius 2 is 1.94 bits per heavy atom. The average Bonchev–Trinajstić information content (AvgIpc) is 2.28. The molecule has 0 heterocycles. The van der Waals surface area contributed by atoms with Crippen LogP contribution >= 0.6 is 11.6 Å². The van der Waals surface area contributed by atoms with E-state index in [1.807, 2.05) is 0 Å². The van der Waals surface area contributed by atoms with E-state index < -0.39 is 11.6 Å². The van der Waals surface area contributed by atoms with E-state index in [-0.39, 0.29) is 5.57 Å². The number of methoxy groups -OCH3 is 1. The van der Waals surface area contributed by atoms with Crippen molar-refractivity contribution in [2.75, 3.05) is 7.11 Å². The lowest BCUT2D eigenvalue weighted by Crippen LogP contribution is -2.37. The Morgan fingerprint density at radius 3 is 2.38 bits per heavy atom. The lowest BCUT2D eigenvalue weighted by atomic mass is 9.91. The highest BCUT2D eigenvalue weighted by atomic mass is 35.5. The van der Waals surface area contributed by atoms with Crippen LogP contribution in [0.2, 0.25) is 5.02 Å². The third kappa shape index (κ3) is 2.43. The first-order valence-corrected chi connectivity index (χ1v) is 5.03. The molecular formula is C12H13ClO3. The summed E-state index contributed by atoms with van der Waals surface area (Å²) in [5, 5.41) is 10.5. The van der Waals surface area contributed by atoms with E-state index >= 15 is 0 Å². The SMILES string of the molecule is C=C(c1ccc(Cl)cc1)C(C)(O)C(=O)OC. The van der Waals surface area contributed by atoms with Gasteiger partial charge >= 0.3 is 5.97 Å². The molecular weight excluding hydrogens is 228 g/mol. The first kappa shape index (κ1) is 12.7. The second-order valence-corrected chi connectivity index (χ2v) is 3.99. The Kier molecular flexibility index (Phi) is 3.73. The van der Waals surface area contributed by atoms with E-state index in [4.69, 9.17) is 11.6 Å². The molecule has 0 bridgehead atoms. The van der Waals surface area contributed by atoms with Crippen LogP contribution in [0.1, 0.15) is 12.5 Å². The molecule has 1 unspecified atom stereocenters. The van der Waals surface area contributed by atoms with E-state index in [2.05, 4.69) is 11.3 Å². The zero-order chi connectivity index (χ0) is 12.3. The first-order chi connectivity index (χ1) is 7.39. The van der Waals surface area contributed by atoms with Crippen molar-refractivity contribution in [3.05, 3.63) is 41.4 Å². The maximum Gasteiger partial charge on any atom is 0.342 e. The van der Waals surface area contributed by atoms with Crippen LogP contribution in [-0.4, -0.2) is 23.8 Å². The highest BCUT2D eigenvalue weighted by molar-refractivity contribution is 6.30. The van der Waals surface area contributed by atoms with Crippen LogP contribution in [0.4, 0.5) is 0 Å². The molecule has 0 saturated carbocycles. The van der Waals surface area contributed by atoms with Gasteiger partial charge in [0.15, 0.2) is 5.60 Å². The number of esters is 1. The van der Waals surface area contributed by atoms with Gasteiger partial charge in [-0.05, 0) is 30.2 Å². The summed E-state index contributed by atoms with van der Waals surface area (Å²) in [6.07, 6.45) is 0. The molecule has 1 aromatic rings. The van der Waals surface area contributed by atoms with Crippen LogP contribution in [0.5, 0.6) is 0 Å². The monoisotopic (exact) mass is 240 g/mol. The molecule has 0 spiro atoms. The maximum absolute atomic E-state index is 11.4. The Labute approximate surface area is 99.3 Å².